The molecule has 26 heavy (non-hydrogen) atoms. The second-order valence-corrected chi connectivity index (χ2v) is 6.97. The molecular weight excluding hydrogens is 328 g/mol. The van der Waals surface area contributed by atoms with E-state index in [0.29, 0.717) is 12.5 Å². The van der Waals surface area contributed by atoms with Crippen LogP contribution < -0.4 is 14.8 Å². The number of fused-ring (bicyclic) bond motifs is 1. The highest BCUT2D eigenvalue weighted by molar-refractivity contribution is 5.74. The number of nitrogens with zero attached hydrogens (tertiary/aromatic N) is 1. The smallest absolute Gasteiger partial charge is 0.317 e. The topological polar surface area (TPSA) is 50.8 Å². The number of rotatable bonds is 4. The van der Waals surface area contributed by atoms with Gasteiger partial charge in [-0.05, 0) is 48.4 Å². The van der Waals surface area contributed by atoms with E-state index in [-0.39, 0.29) is 12.8 Å². The van der Waals surface area contributed by atoms with Gasteiger partial charge >= 0.3 is 6.03 Å². The van der Waals surface area contributed by atoms with E-state index in [4.69, 9.17) is 9.47 Å². The zero-order valence-electron chi connectivity index (χ0n) is 14.8. The quantitative estimate of drug-likeness (QED) is 0.915. The molecule has 0 saturated carbocycles. The second kappa shape index (κ2) is 7.68. The van der Waals surface area contributed by atoms with Crippen LogP contribution >= 0.6 is 0 Å². The standard InChI is InChI=1S/C21H24N2O3/c24-21(22-14-18-6-7-19-20(13-18)26-15-25-19)23-10-8-17(9-11-23)12-16-4-2-1-3-5-16/h1-7,13,17H,8-12,14-15H2,(H,22,24). The Morgan fingerprint density at radius 1 is 1.00 bits per heavy atom. The number of ether oxygens (including phenoxy) is 2. The number of hydrogen-bond donors (Lipinski definition) is 1. The van der Waals surface area contributed by atoms with Gasteiger partial charge in [0.1, 0.15) is 0 Å². The molecule has 2 amide bonds. The summed E-state index contributed by atoms with van der Waals surface area (Å²) in [6.45, 7) is 2.41. The Hall–Kier alpha value is -2.69. The molecule has 5 heteroatoms. The van der Waals surface area contributed by atoms with E-state index in [1.165, 1.54) is 5.56 Å². The lowest BCUT2D eigenvalue weighted by atomic mass is 9.90. The van der Waals surface area contributed by atoms with E-state index in [9.17, 15) is 4.79 Å². The highest BCUT2D eigenvalue weighted by Gasteiger charge is 2.23. The van der Waals surface area contributed by atoms with Gasteiger partial charge in [0.2, 0.25) is 6.79 Å². The molecule has 2 heterocycles. The minimum absolute atomic E-state index is 0.0147. The Morgan fingerprint density at radius 3 is 2.58 bits per heavy atom. The van der Waals surface area contributed by atoms with Crippen molar-refractivity contribution in [3.8, 4) is 11.5 Å². The van der Waals surface area contributed by atoms with Gasteiger partial charge < -0.3 is 19.7 Å². The molecule has 0 aromatic heterocycles. The highest BCUT2D eigenvalue weighted by Crippen LogP contribution is 2.32. The van der Waals surface area contributed by atoms with E-state index in [1.807, 2.05) is 23.1 Å². The molecule has 0 bridgehead atoms. The lowest BCUT2D eigenvalue weighted by Crippen LogP contribution is -2.44. The van der Waals surface area contributed by atoms with Crippen molar-refractivity contribution in [2.24, 2.45) is 5.92 Å². The molecule has 2 aromatic carbocycles. The van der Waals surface area contributed by atoms with Crippen LogP contribution in [0.25, 0.3) is 0 Å². The maximum Gasteiger partial charge on any atom is 0.317 e. The van der Waals surface area contributed by atoms with Crippen LogP contribution in [-0.2, 0) is 13.0 Å². The first-order valence-corrected chi connectivity index (χ1v) is 9.23. The summed E-state index contributed by atoms with van der Waals surface area (Å²) in [5.74, 6) is 2.18. The third-order valence-corrected chi connectivity index (χ3v) is 5.15. The van der Waals surface area contributed by atoms with Gasteiger partial charge in [0.05, 0.1) is 0 Å². The molecule has 1 saturated heterocycles. The Balaban J connectivity index is 1.23. The molecule has 1 fully saturated rings. The first-order valence-electron chi connectivity index (χ1n) is 9.23. The van der Waals surface area contributed by atoms with Crippen molar-refractivity contribution < 1.29 is 14.3 Å². The van der Waals surface area contributed by atoms with Crippen LogP contribution in [0.2, 0.25) is 0 Å². The summed E-state index contributed by atoms with van der Waals surface area (Å²) in [4.78, 5) is 14.4. The van der Waals surface area contributed by atoms with Gasteiger partial charge in [-0.1, -0.05) is 36.4 Å². The number of nitrogens with one attached hydrogen (secondary N) is 1. The zero-order valence-corrected chi connectivity index (χ0v) is 14.8. The molecule has 2 aliphatic heterocycles. The molecule has 0 spiro atoms. The van der Waals surface area contributed by atoms with Gasteiger partial charge in [-0.25, -0.2) is 4.79 Å². The molecule has 0 radical (unpaired) electrons. The van der Waals surface area contributed by atoms with Gasteiger partial charge in [-0.15, -0.1) is 0 Å². The first-order chi connectivity index (χ1) is 12.8. The lowest BCUT2D eigenvalue weighted by molar-refractivity contribution is 0.170. The summed E-state index contributed by atoms with van der Waals surface area (Å²) < 4.78 is 10.7. The summed E-state index contributed by atoms with van der Waals surface area (Å²) in [6.07, 6.45) is 3.23. The minimum atomic E-state index is 0.0147. The molecule has 1 N–H and O–H groups in total. The van der Waals surface area contributed by atoms with Crippen molar-refractivity contribution in [1.82, 2.24) is 10.2 Å². The predicted molar refractivity (Wildman–Crippen MR) is 99.2 cm³/mol. The van der Waals surface area contributed by atoms with Crippen LogP contribution in [0.15, 0.2) is 48.5 Å². The average Bonchev–Trinajstić information content (AvgIpc) is 3.15. The molecule has 5 nitrogen and oxygen atoms in total. The fourth-order valence-corrected chi connectivity index (χ4v) is 3.63. The molecule has 0 aliphatic carbocycles. The van der Waals surface area contributed by atoms with E-state index in [0.717, 1.165) is 49.4 Å². The maximum absolute atomic E-state index is 12.4. The largest absolute Gasteiger partial charge is 0.454 e. The number of urea groups is 1. The summed E-state index contributed by atoms with van der Waals surface area (Å²) in [7, 11) is 0. The Bertz CT molecular complexity index is 755. The summed E-state index contributed by atoms with van der Waals surface area (Å²) in [5.41, 5.74) is 2.40. The molecule has 0 unspecified atom stereocenters. The van der Waals surface area contributed by atoms with Crippen LogP contribution in [0.3, 0.4) is 0 Å². The number of carbonyl (C=O) groups excluding carboxylic acids is 1. The van der Waals surface area contributed by atoms with Crippen LogP contribution in [0.5, 0.6) is 11.5 Å². The number of benzene rings is 2. The molecule has 0 atom stereocenters. The van der Waals surface area contributed by atoms with Crippen molar-refractivity contribution in [2.45, 2.75) is 25.8 Å². The highest BCUT2D eigenvalue weighted by atomic mass is 16.7. The Labute approximate surface area is 153 Å². The third kappa shape index (κ3) is 3.93. The van der Waals surface area contributed by atoms with Gasteiger partial charge in [0.25, 0.3) is 0 Å². The fraction of sp³-hybridized carbons (Fsp3) is 0.381. The Kier molecular flexibility index (Phi) is 4.95. The lowest BCUT2D eigenvalue weighted by Gasteiger charge is -2.32. The predicted octanol–water partition coefficient (Wildman–Crippen LogP) is 3.58. The van der Waals surface area contributed by atoms with Gasteiger partial charge in [0.15, 0.2) is 11.5 Å². The normalized spacial score (nSPS) is 16.5. The van der Waals surface area contributed by atoms with E-state index in [1.54, 1.807) is 0 Å². The second-order valence-electron chi connectivity index (χ2n) is 6.97. The van der Waals surface area contributed by atoms with Crippen molar-refractivity contribution in [2.75, 3.05) is 19.9 Å². The Morgan fingerprint density at radius 2 is 1.77 bits per heavy atom. The number of hydrogen-bond acceptors (Lipinski definition) is 3. The van der Waals surface area contributed by atoms with E-state index in [2.05, 4.69) is 35.6 Å². The number of likely N-dealkylation sites (tertiary alicyclic amines) is 1. The van der Waals surface area contributed by atoms with E-state index < -0.39 is 0 Å². The van der Waals surface area contributed by atoms with Crippen molar-refractivity contribution in [3.63, 3.8) is 0 Å². The zero-order chi connectivity index (χ0) is 17.8. The SMILES string of the molecule is O=C(NCc1ccc2c(c1)OCO2)N1CCC(Cc2ccccc2)CC1. The maximum atomic E-state index is 12.4. The van der Waals surface area contributed by atoms with Crippen molar-refractivity contribution in [3.05, 3.63) is 59.7 Å². The molecular formula is C21H24N2O3. The summed E-state index contributed by atoms with van der Waals surface area (Å²) in [5, 5.41) is 3.01. The van der Waals surface area contributed by atoms with Gasteiger partial charge in [0, 0.05) is 19.6 Å². The third-order valence-electron chi connectivity index (χ3n) is 5.15. The number of carbonyl (C=O) groups is 1. The van der Waals surface area contributed by atoms with Crippen LogP contribution in [-0.4, -0.2) is 30.8 Å². The molecule has 2 aliphatic rings. The van der Waals surface area contributed by atoms with Crippen molar-refractivity contribution >= 4 is 6.03 Å². The molecule has 4 rings (SSSR count). The van der Waals surface area contributed by atoms with Crippen molar-refractivity contribution in [1.29, 1.82) is 0 Å². The fourth-order valence-electron chi connectivity index (χ4n) is 3.63. The minimum Gasteiger partial charge on any atom is -0.454 e. The molecule has 136 valence electrons. The number of piperidine rings is 1. The van der Waals surface area contributed by atoms with Crippen LogP contribution in [0.1, 0.15) is 24.0 Å². The van der Waals surface area contributed by atoms with E-state index >= 15 is 0 Å². The molecule has 2 aromatic rings. The number of amides is 2. The summed E-state index contributed by atoms with van der Waals surface area (Å²) in [6, 6.07) is 16.4. The van der Waals surface area contributed by atoms with Crippen LogP contribution in [0.4, 0.5) is 4.79 Å². The summed E-state index contributed by atoms with van der Waals surface area (Å²) >= 11 is 0. The average molecular weight is 352 g/mol. The first kappa shape index (κ1) is 16.8. The van der Waals surface area contributed by atoms with Gasteiger partial charge in [-0.2, -0.15) is 0 Å². The van der Waals surface area contributed by atoms with Crippen LogP contribution in [0, 0.1) is 5.92 Å². The monoisotopic (exact) mass is 352 g/mol. The van der Waals surface area contributed by atoms with Gasteiger partial charge in [-0.3, -0.25) is 0 Å².